The number of amides is 1. The van der Waals surface area contributed by atoms with Gasteiger partial charge in [0.1, 0.15) is 6.10 Å². The van der Waals surface area contributed by atoms with Gasteiger partial charge in [0.25, 0.3) is 0 Å². The lowest BCUT2D eigenvalue weighted by atomic mass is 10.0. The van der Waals surface area contributed by atoms with Gasteiger partial charge in [-0.2, -0.15) is 0 Å². The van der Waals surface area contributed by atoms with Crippen LogP contribution in [0.3, 0.4) is 0 Å². The first-order chi connectivity index (χ1) is 14.6. The minimum Gasteiger partial charge on any atom is -0.485 e. The minimum atomic E-state index is -0.482. The highest BCUT2D eigenvalue weighted by molar-refractivity contribution is 6.06. The summed E-state index contributed by atoms with van der Waals surface area (Å²) in [5.74, 6) is -0.903. The number of Topliss-reactive ketones (excluding diaryl/α,β-unsaturated/α-hetero) is 1. The summed E-state index contributed by atoms with van der Waals surface area (Å²) in [5, 5.41) is 2.88. The number of benzene rings is 2. The maximum absolute atomic E-state index is 14.6. The number of carbonyl (C=O) groups excluding carboxylic acids is 2. The molecule has 6 heteroatoms. The number of nitrogens with one attached hydrogen (secondary N) is 1. The number of hydrogen-bond acceptors (Lipinski definition) is 4. The molecule has 2 atom stereocenters. The number of ether oxygens (including phenoxy) is 1. The van der Waals surface area contributed by atoms with Gasteiger partial charge in [-0.1, -0.05) is 30.3 Å². The Balaban J connectivity index is 1.27. The first-order valence-electron chi connectivity index (χ1n) is 9.90. The topological polar surface area (TPSA) is 68.3 Å². The van der Waals surface area contributed by atoms with E-state index in [1.807, 2.05) is 36.4 Å². The van der Waals surface area contributed by atoms with Crippen molar-refractivity contribution in [3.05, 3.63) is 83.3 Å². The Hall–Kier alpha value is -3.54. The summed E-state index contributed by atoms with van der Waals surface area (Å²) in [6, 6.07) is 16.0. The molecule has 1 N–H and O–H groups in total. The summed E-state index contributed by atoms with van der Waals surface area (Å²) in [5.41, 5.74) is 3.53. The Kier molecular flexibility index (Phi) is 4.54. The molecule has 0 fully saturated rings. The monoisotopic (exact) mass is 402 g/mol. The molecule has 150 valence electrons. The zero-order valence-corrected chi connectivity index (χ0v) is 16.1. The van der Waals surface area contributed by atoms with Gasteiger partial charge in [-0.05, 0) is 29.8 Å². The molecule has 2 heterocycles. The Morgan fingerprint density at radius 1 is 1.13 bits per heavy atom. The predicted octanol–water partition coefficient (Wildman–Crippen LogP) is 3.68. The van der Waals surface area contributed by atoms with Gasteiger partial charge < -0.3 is 10.1 Å². The molecule has 1 aliphatic carbocycles. The van der Waals surface area contributed by atoms with Gasteiger partial charge in [0.05, 0.1) is 18.2 Å². The number of ketones is 1. The average Bonchev–Trinajstić information content (AvgIpc) is 3.34. The van der Waals surface area contributed by atoms with E-state index in [0.717, 1.165) is 11.1 Å². The summed E-state index contributed by atoms with van der Waals surface area (Å²) in [6.07, 6.45) is 1.98. The predicted molar refractivity (Wildman–Crippen MR) is 109 cm³/mol. The van der Waals surface area contributed by atoms with E-state index in [4.69, 9.17) is 4.74 Å². The van der Waals surface area contributed by atoms with E-state index in [-0.39, 0.29) is 36.5 Å². The van der Waals surface area contributed by atoms with Crippen molar-refractivity contribution >= 4 is 11.7 Å². The van der Waals surface area contributed by atoms with Crippen molar-refractivity contribution in [1.82, 2.24) is 10.3 Å². The molecule has 2 unspecified atom stereocenters. The maximum atomic E-state index is 14.6. The van der Waals surface area contributed by atoms with Gasteiger partial charge in [0, 0.05) is 35.7 Å². The van der Waals surface area contributed by atoms with E-state index in [9.17, 15) is 14.0 Å². The van der Waals surface area contributed by atoms with Gasteiger partial charge in [-0.25, -0.2) is 4.39 Å². The second-order valence-corrected chi connectivity index (χ2v) is 7.62. The van der Waals surface area contributed by atoms with Crippen molar-refractivity contribution in [2.24, 2.45) is 0 Å². The second kappa shape index (κ2) is 7.37. The lowest BCUT2D eigenvalue weighted by molar-refractivity contribution is -0.122. The van der Waals surface area contributed by atoms with E-state index >= 15 is 0 Å². The fourth-order valence-electron chi connectivity index (χ4n) is 4.21. The highest BCUT2D eigenvalue weighted by atomic mass is 19.1. The van der Waals surface area contributed by atoms with Gasteiger partial charge in [-0.15, -0.1) is 0 Å². The minimum absolute atomic E-state index is 0.0145. The number of nitrogens with zero attached hydrogens (tertiary/aromatic N) is 1. The van der Waals surface area contributed by atoms with Gasteiger partial charge in [0.2, 0.25) is 5.91 Å². The third kappa shape index (κ3) is 3.24. The van der Waals surface area contributed by atoms with Crippen molar-refractivity contribution in [3.8, 4) is 17.0 Å². The van der Waals surface area contributed by atoms with E-state index in [1.165, 1.54) is 6.07 Å². The molecule has 2 aliphatic rings. The highest BCUT2D eigenvalue weighted by Crippen LogP contribution is 2.36. The maximum Gasteiger partial charge on any atom is 0.228 e. The highest BCUT2D eigenvalue weighted by Gasteiger charge is 2.35. The van der Waals surface area contributed by atoms with Crippen LogP contribution in [0.2, 0.25) is 0 Å². The smallest absolute Gasteiger partial charge is 0.228 e. The third-order valence-electron chi connectivity index (χ3n) is 5.66. The molecule has 0 saturated heterocycles. The van der Waals surface area contributed by atoms with Crippen LogP contribution in [0.5, 0.6) is 5.75 Å². The molecule has 1 aromatic heterocycles. The van der Waals surface area contributed by atoms with Crippen molar-refractivity contribution in [2.75, 3.05) is 6.54 Å². The lowest BCUT2D eigenvalue weighted by Gasteiger charge is -2.15. The number of fused-ring (bicyclic) bond motifs is 2. The van der Waals surface area contributed by atoms with Crippen molar-refractivity contribution in [2.45, 2.75) is 24.9 Å². The SMILES string of the molecule is O=C1CC(C(=O)NCC2Cc3cc(-c4ccccn4)cc(F)c3O2)c2ccccc21. The zero-order valence-electron chi connectivity index (χ0n) is 16.1. The van der Waals surface area contributed by atoms with Crippen LogP contribution in [-0.2, 0) is 11.2 Å². The fraction of sp³-hybridized carbons (Fsp3) is 0.208. The molecule has 0 radical (unpaired) electrons. The third-order valence-corrected chi connectivity index (χ3v) is 5.66. The largest absolute Gasteiger partial charge is 0.485 e. The van der Waals surface area contributed by atoms with Crippen LogP contribution in [0.25, 0.3) is 11.3 Å². The Labute approximate surface area is 172 Å². The number of halogens is 1. The van der Waals surface area contributed by atoms with E-state index in [1.54, 1.807) is 18.3 Å². The van der Waals surface area contributed by atoms with Gasteiger partial charge in [-0.3, -0.25) is 14.6 Å². The molecule has 1 amide bonds. The molecule has 3 aromatic rings. The molecular weight excluding hydrogens is 383 g/mol. The Bertz CT molecular complexity index is 1150. The quantitative estimate of drug-likeness (QED) is 0.723. The molecule has 5 nitrogen and oxygen atoms in total. The Morgan fingerprint density at radius 2 is 1.97 bits per heavy atom. The summed E-state index contributed by atoms with van der Waals surface area (Å²) >= 11 is 0. The molecule has 0 saturated carbocycles. The summed E-state index contributed by atoms with van der Waals surface area (Å²) in [7, 11) is 0. The summed E-state index contributed by atoms with van der Waals surface area (Å²) in [4.78, 5) is 29.1. The molecule has 0 bridgehead atoms. The number of aromatic nitrogens is 1. The Morgan fingerprint density at radius 3 is 2.80 bits per heavy atom. The van der Waals surface area contributed by atoms with Gasteiger partial charge in [0.15, 0.2) is 17.3 Å². The van der Waals surface area contributed by atoms with Crippen LogP contribution in [-0.4, -0.2) is 29.3 Å². The lowest BCUT2D eigenvalue weighted by Crippen LogP contribution is -2.37. The number of hydrogen-bond donors (Lipinski definition) is 1. The van der Waals surface area contributed by atoms with E-state index < -0.39 is 11.7 Å². The summed E-state index contributed by atoms with van der Waals surface area (Å²) < 4.78 is 20.3. The molecule has 2 aromatic carbocycles. The van der Waals surface area contributed by atoms with Crippen molar-refractivity contribution < 1.29 is 18.7 Å². The van der Waals surface area contributed by atoms with Crippen LogP contribution < -0.4 is 10.1 Å². The first-order valence-corrected chi connectivity index (χ1v) is 9.90. The fourth-order valence-corrected chi connectivity index (χ4v) is 4.21. The molecular formula is C24H19FN2O3. The normalized spacial score (nSPS) is 19.2. The van der Waals surface area contributed by atoms with Gasteiger partial charge >= 0.3 is 0 Å². The van der Waals surface area contributed by atoms with Crippen LogP contribution in [0.1, 0.15) is 33.8 Å². The number of pyridine rings is 1. The first kappa shape index (κ1) is 18.5. The van der Waals surface area contributed by atoms with Crippen LogP contribution in [0, 0.1) is 5.82 Å². The van der Waals surface area contributed by atoms with Crippen LogP contribution in [0.15, 0.2) is 60.8 Å². The van der Waals surface area contributed by atoms with Crippen molar-refractivity contribution in [3.63, 3.8) is 0 Å². The molecule has 5 rings (SSSR count). The van der Waals surface area contributed by atoms with Crippen LogP contribution >= 0.6 is 0 Å². The van der Waals surface area contributed by atoms with E-state index in [0.29, 0.717) is 23.2 Å². The molecule has 30 heavy (non-hydrogen) atoms. The number of rotatable bonds is 4. The second-order valence-electron chi connectivity index (χ2n) is 7.62. The molecule has 1 aliphatic heterocycles. The van der Waals surface area contributed by atoms with Crippen molar-refractivity contribution in [1.29, 1.82) is 0 Å². The van der Waals surface area contributed by atoms with E-state index in [2.05, 4.69) is 10.3 Å². The van der Waals surface area contributed by atoms with Crippen LogP contribution in [0.4, 0.5) is 4.39 Å². The standard InChI is InChI=1S/C24H19FN2O3/c25-20-11-14(21-7-3-4-8-26-21)9-15-10-16(30-23(15)20)13-27-24(29)19-12-22(28)18-6-2-1-5-17(18)19/h1-9,11,16,19H,10,12-13H2,(H,27,29). The zero-order chi connectivity index (χ0) is 20.7. The average molecular weight is 402 g/mol. The summed E-state index contributed by atoms with van der Waals surface area (Å²) in [6.45, 7) is 0.249. The number of carbonyl (C=O) groups is 2. The molecule has 0 spiro atoms.